The molecule has 0 unspecified atom stereocenters. The minimum atomic E-state index is -0.447. The Balaban J connectivity index is 1.78. The Morgan fingerprint density at radius 1 is 1.16 bits per heavy atom. The van der Waals surface area contributed by atoms with Crippen LogP contribution in [0.15, 0.2) is 42.7 Å². The molecule has 0 saturated carbocycles. The van der Waals surface area contributed by atoms with Gasteiger partial charge < -0.3 is 19.4 Å². The Kier molecular flexibility index (Phi) is 5.47. The fourth-order valence-electron chi connectivity index (χ4n) is 2.74. The van der Waals surface area contributed by atoms with E-state index in [-0.39, 0.29) is 5.91 Å². The van der Waals surface area contributed by atoms with Crippen molar-refractivity contribution in [1.29, 1.82) is 0 Å². The van der Waals surface area contributed by atoms with Gasteiger partial charge in [0.2, 0.25) is 5.91 Å². The molecule has 2 aromatic rings. The number of rotatable bonds is 5. The van der Waals surface area contributed by atoms with Gasteiger partial charge in [0.25, 0.3) is 0 Å². The molecular weight excluding hydrogens is 322 g/mol. The molecule has 0 bridgehead atoms. The third-order valence-electron chi connectivity index (χ3n) is 4.00. The average molecular weight is 343 g/mol. The first-order valence-corrected chi connectivity index (χ1v) is 8.12. The lowest BCUT2D eigenvalue weighted by Crippen LogP contribution is -2.41. The first kappa shape index (κ1) is 17.2. The van der Waals surface area contributed by atoms with E-state index in [1.165, 1.54) is 7.11 Å². The van der Waals surface area contributed by atoms with Crippen molar-refractivity contribution < 1.29 is 19.1 Å². The number of nitrogens with zero attached hydrogens (tertiary/aromatic N) is 2. The minimum Gasteiger partial charge on any atom is -0.465 e. The van der Waals surface area contributed by atoms with E-state index in [9.17, 15) is 9.59 Å². The van der Waals surface area contributed by atoms with Crippen LogP contribution in [0.4, 0.5) is 5.69 Å². The van der Waals surface area contributed by atoms with Gasteiger partial charge in [-0.15, -0.1) is 0 Å². The van der Waals surface area contributed by atoms with Crippen molar-refractivity contribution in [2.75, 3.05) is 45.3 Å². The topological polar surface area (TPSA) is 72.8 Å². The van der Waals surface area contributed by atoms with Crippen LogP contribution in [0.25, 0.3) is 5.69 Å². The summed E-state index contributed by atoms with van der Waals surface area (Å²) in [6, 6.07) is 8.95. The number of hydrogen-bond donors (Lipinski definition) is 1. The molecule has 25 heavy (non-hydrogen) atoms. The molecule has 1 aromatic carbocycles. The van der Waals surface area contributed by atoms with Crippen LogP contribution in [0.1, 0.15) is 10.4 Å². The van der Waals surface area contributed by atoms with Crippen LogP contribution in [0.5, 0.6) is 0 Å². The van der Waals surface area contributed by atoms with Crippen molar-refractivity contribution in [3.63, 3.8) is 0 Å². The molecule has 1 aliphatic heterocycles. The highest BCUT2D eigenvalue weighted by atomic mass is 16.5. The molecule has 2 heterocycles. The number of carbonyl (C=O) groups is 2. The van der Waals surface area contributed by atoms with Gasteiger partial charge in [0.05, 0.1) is 32.4 Å². The highest BCUT2D eigenvalue weighted by Gasteiger charge is 2.16. The van der Waals surface area contributed by atoms with E-state index in [1.54, 1.807) is 12.1 Å². The van der Waals surface area contributed by atoms with E-state index in [1.807, 2.05) is 40.1 Å². The quantitative estimate of drug-likeness (QED) is 0.834. The maximum atomic E-state index is 12.3. The largest absolute Gasteiger partial charge is 0.465 e. The first-order valence-electron chi connectivity index (χ1n) is 8.12. The van der Waals surface area contributed by atoms with Crippen LogP contribution in [-0.4, -0.2) is 61.3 Å². The van der Waals surface area contributed by atoms with Gasteiger partial charge in [0, 0.05) is 36.9 Å². The summed E-state index contributed by atoms with van der Waals surface area (Å²) in [5.74, 6) is -0.569. The van der Waals surface area contributed by atoms with Crippen molar-refractivity contribution in [1.82, 2.24) is 9.47 Å². The summed E-state index contributed by atoms with van der Waals surface area (Å²) in [4.78, 5) is 26.3. The molecule has 0 spiro atoms. The molecule has 1 saturated heterocycles. The van der Waals surface area contributed by atoms with E-state index in [0.717, 1.165) is 18.8 Å². The van der Waals surface area contributed by atoms with Crippen LogP contribution >= 0.6 is 0 Å². The van der Waals surface area contributed by atoms with Gasteiger partial charge in [-0.1, -0.05) is 0 Å². The molecular formula is C18H21N3O4. The number of amides is 1. The number of anilines is 1. The third kappa shape index (κ3) is 4.46. The minimum absolute atomic E-state index is 0.123. The highest BCUT2D eigenvalue weighted by molar-refractivity contribution is 5.96. The fourth-order valence-corrected chi connectivity index (χ4v) is 2.74. The monoisotopic (exact) mass is 343 g/mol. The number of morpholine rings is 1. The number of hydrogen-bond acceptors (Lipinski definition) is 5. The summed E-state index contributed by atoms with van der Waals surface area (Å²) < 4.78 is 12.0. The van der Waals surface area contributed by atoms with Gasteiger partial charge in [-0.05, 0) is 30.3 Å². The summed E-state index contributed by atoms with van der Waals surface area (Å²) in [6.45, 7) is 3.06. The van der Waals surface area contributed by atoms with Gasteiger partial charge in [0.15, 0.2) is 0 Å². The second-order valence-electron chi connectivity index (χ2n) is 5.79. The Morgan fingerprint density at radius 3 is 2.56 bits per heavy atom. The van der Waals surface area contributed by atoms with E-state index < -0.39 is 5.97 Å². The summed E-state index contributed by atoms with van der Waals surface area (Å²) in [7, 11) is 1.33. The predicted octanol–water partition coefficient (Wildman–Crippen LogP) is 1.53. The number of methoxy groups -OCH3 is 1. The number of carbonyl (C=O) groups excluding carboxylic acids is 2. The number of ether oxygens (including phenoxy) is 2. The zero-order valence-corrected chi connectivity index (χ0v) is 14.1. The maximum Gasteiger partial charge on any atom is 0.337 e. The number of benzene rings is 1. The van der Waals surface area contributed by atoms with E-state index in [2.05, 4.69) is 5.32 Å². The van der Waals surface area contributed by atoms with Crippen molar-refractivity contribution in [2.45, 2.75) is 0 Å². The molecule has 0 radical (unpaired) electrons. The number of aromatic nitrogens is 1. The van der Waals surface area contributed by atoms with Crippen LogP contribution in [0.2, 0.25) is 0 Å². The second-order valence-corrected chi connectivity index (χ2v) is 5.79. The van der Waals surface area contributed by atoms with Gasteiger partial charge in [0.1, 0.15) is 0 Å². The molecule has 132 valence electrons. The molecule has 0 atom stereocenters. The van der Waals surface area contributed by atoms with Crippen LogP contribution < -0.4 is 5.32 Å². The standard InChI is InChI=1S/C18H21N3O4/c1-24-18(23)14-10-15(12-16(11-14)21-4-2-3-5-21)19-17(22)13-20-6-8-25-9-7-20/h2-5,10-12H,6-9,13H2,1H3,(H,19,22). The van der Waals surface area contributed by atoms with Crippen LogP contribution in [-0.2, 0) is 14.3 Å². The van der Waals surface area contributed by atoms with Gasteiger partial charge in [-0.25, -0.2) is 4.79 Å². The Morgan fingerprint density at radius 2 is 1.88 bits per heavy atom. The van der Waals surface area contributed by atoms with E-state index in [0.29, 0.717) is 31.0 Å². The molecule has 1 N–H and O–H groups in total. The average Bonchev–Trinajstić information content (AvgIpc) is 3.16. The molecule has 0 aliphatic carbocycles. The lowest BCUT2D eigenvalue weighted by molar-refractivity contribution is -0.118. The summed E-state index contributed by atoms with van der Waals surface area (Å²) in [5, 5.41) is 2.87. The molecule has 7 heteroatoms. The smallest absolute Gasteiger partial charge is 0.337 e. The van der Waals surface area contributed by atoms with E-state index in [4.69, 9.17) is 9.47 Å². The SMILES string of the molecule is COC(=O)c1cc(NC(=O)CN2CCOCC2)cc(-n2cccc2)c1. The lowest BCUT2D eigenvalue weighted by atomic mass is 10.1. The Labute approximate surface area is 146 Å². The zero-order valence-electron chi connectivity index (χ0n) is 14.1. The third-order valence-corrected chi connectivity index (χ3v) is 4.00. The van der Waals surface area contributed by atoms with Crippen molar-refractivity contribution >= 4 is 17.6 Å². The predicted molar refractivity (Wildman–Crippen MR) is 93.0 cm³/mol. The molecule has 3 rings (SSSR count). The number of esters is 1. The molecule has 1 fully saturated rings. The summed E-state index contributed by atoms with van der Waals surface area (Å²) >= 11 is 0. The normalized spacial score (nSPS) is 14.9. The number of nitrogens with one attached hydrogen (secondary N) is 1. The highest BCUT2D eigenvalue weighted by Crippen LogP contribution is 2.19. The zero-order chi connectivity index (χ0) is 17.6. The summed E-state index contributed by atoms with van der Waals surface area (Å²) in [5.41, 5.74) is 1.72. The van der Waals surface area contributed by atoms with Gasteiger partial charge in [-0.2, -0.15) is 0 Å². The van der Waals surface area contributed by atoms with Crippen LogP contribution in [0, 0.1) is 0 Å². The second kappa shape index (κ2) is 7.96. The Bertz CT molecular complexity index is 737. The van der Waals surface area contributed by atoms with Crippen molar-refractivity contribution in [2.24, 2.45) is 0 Å². The van der Waals surface area contributed by atoms with Gasteiger partial charge >= 0.3 is 5.97 Å². The van der Waals surface area contributed by atoms with Crippen molar-refractivity contribution in [3.8, 4) is 5.69 Å². The van der Waals surface area contributed by atoms with Gasteiger partial charge in [-0.3, -0.25) is 9.69 Å². The molecule has 1 amide bonds. The first-order chi connectivity index (χ1) is 12.2. The lowest BCUT2D eigenvalue weighted by Gasteiger charge is -2.25. The fraction of sp³-hybridized carbons (Fsp3) is 0.333. The maximum absolute atomic E-state index is 12.3. The van der Waals surface area contributed by atoms with Crippen LogP contribution in [0.3, 0.4) is 0 Å². The van der Waals surface area contributed by atoms with E-state index >= 15 is 0 Å². The molecule has 1 aromatic heterocycles. The summed E-state index contributed by atoms with van der Waals surface area (Å²) in [6.07, 6.45) is 3.74. The van der Waals surface area contributed by atoms with Crippen molar-refractivity contribution in [3.05, 3.63) is 48.3 Å². The molecule has 1 aliphatic rings. The molecule has 7 nitrogen and oxygen atoms in total. The Hall–Kier alpha value is -2.64.